The molecular weight excluding hydrogens is 578 g/mol. The highest BCUT2D eigenvalue weighted by molar-refractivity contribution is 6.10. The van der Waals surface area contributed by atoms with Gasteiger partial charge in [-0.3, -0.25) is 4.90 Å². The van der Waals surface area contributed by atoms with Gasteiger partial charge in [-0.1, -0.05) is 102 Å². The number of anilines is 3. The highest BCUT2D eigenvalue weighted by Gasteiger charge is 2.28. The summed E-state index contributed by atoms with van der Waals surface area (Å²) in [7, 11) is 0. The van der Waals surface area contributed by atoms with E-state index in [0.717, 1.165) is 55.9 Å². The van der Waals surface area contributed by atoms with Crippen LogP contribution in [0.5, 0.6) is 5.75 Å². The Morgan fingerprint density at radius 1 is 0.660 bits per heavy atom. The van der Waals surface area contributed by atoms with Crippen LogP contribution < -0.4 is 4.90 Å². The van der Waals surface area contributed by atoms with E-state index in [2.05, 4.69) is 107 Å². The lowest BCUT2D eigenvalue weighted by molar-refractivity contribution is 0.446. The smallest absolute Gasteiger partial charge is 0.161 e. The van der Waals surface area contributed by atoms with Crippen molar-refractivity contribution in [1.29, 1.82) is 0 Å². The highest BCUT2D eigenvalue weighted by atomic mass is 16.3. The molecule has 234 valence electrons. The van der Waals surface area contributed by atoms with E-state index in [0.29, 0.717) is 16.8 Å². The van der Waals surface area contributed by atoms with E-state index >= 15 is 0 Å². The number of aromatic hydroxyl groups is 1. The second-order valence-electron chi connectivity index (χ2n) is 14.2. The summed E-state index contributed by atoms with van der Waals surface area (Å²) >= 11 is 0. The third kappa shape index (κ3) is 5.63. The number of pyridine rings is 2. The van der Waals surface area contributed by atoms with Crippen LogP contribution in [-0.4, -0.2) is 15.1 Å². The molecule has 3 heterocycles. The maximum Gasteiger partial charge on any atom is 0.161 e. The fraction of sp³-hybridized carbons (Fsp3) is 0.190. The molecule has 1 N–H and O–H groups in total. The van der Waals surface area contributed by atoms with Gasteiger partial charge in [0.1, 0.15) is 22.8 Å². The Kier molecular flexibility index (Phi) is 7.35. The average molecular weight is 618 g/mol. The zero-order valence-corrected chi connectivity index (χ0v) is 27.7. The minimum Gasteiger partial charge on any atom is -0.507 e. The number of rotatable bonds is 5. The summed E-state index contributed by atoms with van der Waals surface area (Å²) in [4.78, 5) is 12.1. The molecule has 0 unspecified atom stereocenters. The van der Waals surface area contributed by atoms with Gasteiger partial charge in [-0.2, -0.15) is 0 Å². The third-order valence-corrected chi connectivity index (χ3v) is 8.69. The first-order valence-electron chi connectivity index (χ1n) is 16.1. The van der Waals surface area contributed by atoms with Crippen LogP contribution in [0.2, 0.25) is 0 Å². The summed E-state index contributed by atoms with van der Waals surface area (Å²) in [6.45, 7) is 13.0. The molecule has 3 aromatic heterocycles. The second kappa shape index (κ2) is 11.4. The van der Waals surface area contributed by atoms with E-state index < -0.39 is 0 Å². The predicted octanol–water partition coefficient (Wildman–Crippen LogP) is 11.5. The Hall–Kier alpha value is -5.42. The van der Waals surface area contributed by atoms with Crippen LogP contribution in [0.1, 0.15) is 52.7 Å². The molecule has 0 aliphatic heterocycles. The second-order valence-corrected chi connectivity index (χ2v) is 14.2. The molecule has 47 heavy (non-hydrogen) atoms. The standard InChI is InChI=1S/C42H39N3O2/c1-41(2,3)28-24-33(39(46)34(25-28)42(4,5)6)38-40-32(31-19-10-11-20-36(31)47-40)26-35(44-38)27-15-14-18-30(23-27)45(29-16-8-7-9-17-29)37-21-12-13-22-43-37/h7-26,46H,1-6H3. The van der Waals surface area contributed by atoms with Crippen LogP contribution in [0.25, 0.3) is 44.5 Å². The number of fused-ring (bicyclic) bond motifs is 3. The van der Waals surface area contributed by atoms with E-state index in [4.69, 9.17) is 14.4 Å². The lowest BCUT2D eigenvalue weighted by Crippen LogP contribution is -2.17. The van der Waals surface area contributed by atoms with Gasteiger partial charge >= 0.3 is 0 Å². The average Bonchev–Trinajstić information content (AvgIpc) is 3.43. The molecule has 0 radical (unpaired) electrons. The fourth-order valence-electron chi connectivity index (χ4n) is 6.16. The highest BCUT2D eigenvalue weighted by Crippen LogP contribution is 2.46. The largest absolute Gasteiger partial charge is 0.507 e. The van der Waals surface area contributed by atoms with E-state index in [1.54, 1.807) is 0 Å². The van der Waals surface area contributed by atoms with Gasteiger partial charge in [0.25, 0.3) is 0 Å². The summed E-state index contributed by atoms with van der Waals surface area (Å²) in [5.41, 5.74) is 8.00. The quantitative estimate of drug-likeness (QED) is 0.208. The van der Waals surface area contributed by atoms with Gasteiger partial charge in [0.2, 0.25) is 0 Å². The summed E-state index contributed by atoms with van der Waals surface area (Å²) in [5.74, 6) is 1.05. The van der Waals surface area contributed by atoms with E-state index in [1.807, 2.05) is 60.8 Å². The van der Waals surface area contributed by atoms with Crippen molar-refractivity contribution in [3.63, 3.8) is 0 Å². The minimum atomic E-state index is -0.286. The summed E-state index contributed by atoms with van der Waals surface area (Å²) in [6, 6.07) is 38.9. The third-order valence-electron chi connectivity index (χ3n) is 8.69. The number of hydrogen-bond acceptors (Lipinski definition) is 5. The van der Waals surface area contributed by atoms with Crippen LogP contribution in [0.15, 0.2) is 126 Å². The molecule has 0 atom stereocenters. The van der Waals surface area contributed by atoms with Crippen molar-refractivity contribution in [2.45, 2.75) is 52.4 Å². The van der Waals surface area contributed by atoms with Crippen LogP contribution >= 0.6 is 0 Å². The molecule has 7 rings (SSSR count). The van der Waals surface area contributed by atoms with Gasteiger partial charge in [0.15, 0.2) is 5.58 Å². The molecule has 0 saturated heterocycles. The molecule has 0 aliphatic rings. The molecule has 0 bridgehead atoms. The zero-order valence-electron chi connectivity index (χ0n) is 27.7. The molecule has 0 amide bonds. The summed E-state index contributed by atoms with van der Waals surface area (Å²) in [5, 5.41) is 13.9. The van der Waals surface area contributed by atoms with Crippen molar-refractivity contribution in [2.24, 2.45) is 0 Å². The normalized spacial score (nSPS) is 12.1. The molecular formula is C42H39N3O2. The van der Waals surface area contributed by atoms with Gasteiger partial charge in [0, 0.05) is 45.0 Å². The van der Waals surface area contributed by atoms with Gasteiger partial charge in [-0.15, -0.1) is 0 Å². The summed E-state index contributed by atoms with van der Waals surface area (Å²) in [6.07, 6.45) is 1.81. The number of furan rings is 1. The number of para-hydroxylation sites is 2. The van der Waals surface area contributed by atoms with Crippen molar-refractivity contribution < 1.29 is 9.52 Å². The molecule has 5 heteroatoms. The SMILES string of the molecule is CC(C)(C)c1cc(-c2nc(-c3cccc(N(c4ccccc4)c4ccccn4)c3)cc3c2oc2ccccc23)c(O)c(C(C)(C)C)c1. The molecule has 5 nitrogen and oxygen atoms in total. The first-order chi connectivity index (χ1) is 22.5. The van der Waals surface area contributed by atoms with Crippen LogP contribution in [-0.2, 0) is 10.8 Å². The Bertz CT molecular complexity index is 2180. The monoisotopic (exact) mass is 617 g/mol. The van der Waals surface area contributed by atoms with Crippen molar-refractivity contribution in [3.05, 3.63) is 133 Å². The number of phenolic OH excluding ortho intramolecular Hbond substituents is 1. The Morgan fingerprint density at radius 2 is 1.38 bits per heavy atom. The molecule has 0 spiro atoms. The van der Waals surface area contributed by atoms with Gasteiger partial charge < -0.3 is 9.52 Å². The van der Waals surface area contributed by atoms with E-state index in [9.17, 15) is 5.11 Å². The first kappa shape index (κ1) is 30.2. The maximum atomic E-state index is 11.9. The Labute approximate surface area is 276 Å². The Morgan fingerprint density at radius 3 is 2.11 bits per heavy atom. The fourth-order valence-corrected chi connectivity index (χ4v) is 6.16. The first-order valence-corrected chi connectivity index (χ1v) is 16.1. The molecule has 0 saturated carbocycles. The number of nitrogens with zero attached hydrogens (tertiary/aromatic N) is 3. The van der Waals surface area contributed by atoms with Crippen LogP contribution in [0, 0.1) is 0 Å². The maximum absolute atomic E-state index is 11.9. The van der Waals surface area contributed by atoms with Crippen LogP contribution in [0.3, 0.4) is 0 Å². The zero-order chi connectivity index (χ0) is 32.9. The number of aromatic nitrogens is 2. The van der Waals surface area contributed by atoms with Crippen molar-refractivity contribution in [2.75, 3.05) is 4.90 Å². The minimum absolute atomic E-state index is 0.145. The van der Waals surface area contributed by atoms with Gasteiger partial charge in [-0.05, 0) is 71.0 Å². The molecule has 0 fully saturated rings. The van der Waals surface area contributed by atoms with Crippen molar-refractivity contribution in [3.8, 4) is 28.3 Å². The van der Waals surface area contributed by atoms with Crippen molar-refractivity contribution in [1.82, 2.24) is 9.97 Å². The van der Waals surface area contributed by atoms with E-state index in [1.165, 1.54) is 0 Å². The number of phenols is 1. The van der Waals surface area contributed by atoms with Crippen molar-refractivity contribution >= 4 is 39.1 Å². The van der Waals surface area contributed by atoms with Gasteiger partial charge in [0.05, 0.1) is 5.69 Å². The summed E-state index contributed by atoms with van der Waals surface area (Å²) < 4.78 is 6.52. The topological polar surface area (TPSA) is 62.4 Å². The van der Waals surface area contributed by atoms with Crippen LogP contribution in [0.4, 0.5) is 17.2 Å². The number of benzene rings is 4. The molecule has 7 aromatic rings. The number of hydrogen-bond donors (Lipinski definition) is 1. The van der Waals surface area contributed by atoms with E-state index in [-0.39, 0.29) is 16.6 Å². The Balaban J connectivity index is 1.49. The van der Waals surface area contributed by atoms with Gasteiger partial charge in [-0.25, -0.2) is 9.97 Å². The lowest BCUT2D eigenvalue weighted by Gasteiger charge is -2.27. The lowest BCUT2D eigenvalue weighted by atomic mass is 9.78. The molecule has 0 aliphatic carbocycles. The predicted molar refractivity (Wildman–Crippen MR) is 194 cm³/mol. The molecule has 4 aromatic carbocycles.